The zero-order chi connectivity index (χ0) is 33.8. The molecule has 0 atom stereocenters. The van der Waals surface area contributed by atoms with Crippen LogP contribution in [0, 0.1) is 0 Å². The smallest absolute Gasteiger partial charge is 0.179 e. The van der Waals surface area contributed by atoms with Crippen molar-refractivity contribution in [3.63, 3.8) is 0 Å². The molecular formula is C48H36N2Si. The number of rotatable bonds is 6. The van der Waals surface area contributed by atoms with Gasteiger partial charge in [-0.05, 0) is 82.1 Å². The first-order valence-electron chi connectivity index (χ1n) is 17.9. The molecular weight excluding hydrogens is 633 g/mol. The van der Waals surface area contributed by atoms with Gasteiger partial charge in [-0.3, -0.25) is 0 Å². The van der Waals surface area contributed by atoms with E-state index >= 15 is 0 Å². The maximum atomic E-state index is 2.54. The Morgan fingerprint density at radius 2 is 0.824 bits per heavy atom. The highest BCUT2D eigenvalue weighted by atomic mass is 28.3. The van der Waals surface area contributed by atoms with E-state index in [2.05, 4.69) is 203 Å². The molecule has 10 rings (SSSR count). The Bertz CT molecular complexity index is 2630. The molecule has 7 aromatic carbocycles. The SMILES string of the molecule is C1=CC([Si](c2ccccc2)(c2ccc3c(c2)c2ccccc2n3-c2ccccc2)c2ccc3c(c2)c2ccccc2n3-c2ccccc2)=CCC1. The van der Waals surface area contributed by atoms with E-state index in [0.29, 0.717) is 0 Å². The minimum absolute atomic E-state index is 1.05. The quantitative estimate of drug-likeness (QED) is 0.123. The fourth-order valence-corrected chi connectivity index (χ4v) is 13.6. The normalized spacial score (nSPS) is 13.4. The van der Waals surface area contributed by atoms with Crippen molar-refractivity contribution in [1.82, 2.24) is 9.13 Å². The lowest BCUT2D eigenvalue weighted by Crippen LogP contribution is -2.68. The van der Waals surface area contributed by atoms with Crippen molar-refractivity contribution in [1.29, 1.82) is 0 Å². The number of hydrogen-bond acceptors (Lipinski definition) is 0. The molecule has 0 fully saturated rings. The summed E-state index contributed by atoms with van der Waals surface area (Å²) in [7, 11) is -2.82. The van der Waals surface area contributed by atoms with Gasteiger partial charge >= 0.3 is 0 Å². The Morgan fingerprint density at radius 1 is 0.373 bits per heavy atom. The van der Waals surface area contributed by atoms with Crippen LogP contribution in [0.3, 0.4) is 0 Å². The zero-order valence-corrected chi connectivity index (χ0v) is 29.3. The zero-order valence-electron chi connectivity index (χ0n) is 28.3. The van der Waals surface area contributed by atoms with Crippen molar-refractivity contribution in [3.8, 4) is 11.4 Å². The van der Waals surface area contributed by atoms with E-state index in [1.165, 1.54) is 75.7 Å². The molecule has 242 valence electrons. The van der Waals surface area contributed by atoms with Gasteiger partial charge in [0.25, 0.3) is 0 Å². The van der Waals surface area contributed by atoms with Gasteiger partial charge in [0.05, 0.1) is 22.1 Å². The van der Waals surface area contributed by atoms with Gasteiger partial charge in [-0.2, -0.15) is 0 Å². The largest absolute Gasteiger partial charge is 0.309 e. The second kappa shape index (κ2) is 12.0. The summed E-state index contributed by atoms with van der Waals surface area (Å²) >= 11 is 0. The molecule has 0 N–H and O–H groups in total. The predicted molar refractivity (Wildman–Crippen MR) is 219 cm³/mol. The van der Waals surface area contributed by atoms with E-state index in [9.17, 15) is 0 Å². The molecule has 2 heterocycles. The average molecular weight is 669 g/mol. The maximum absolute atomic E-state index is 2.82. The van der Waals surface area contributed by atoms with Gasteiger partial charge in [0.15, 0.2) is 8.07 Å². The highest BCUT2D eigenvalue weighted by Gasteiger charge is 2.43. The summed E-state index contributed by atoms with van der Waals surface area (Å²) in [5.41, 5.74) is 7.29. The van der Waals surface area contributed by atoms with Crippen molar-refractivity contribution in [2.75, 3.05) is 0 Å². The molecule has 9 aromatic rings. The number of aromatic nitrogens is 2. The summed E-state index contributed by atoms with van der Waals surface area (Å²) in [6.45, 7) is 0. The van der Waals surface area contributed by atoms with Crippen molar-refractivity contribution >= 4 is 67.2 Å². The van der Waals surface area contributed by atoms with Crippen LogP contribution in [0.2, 0.25) is 0 Å². The predicted octanol–water partition coefficient (Wildman–Crippen LogP) is 10.2. The second-order valence-electron chi connectivity index (χ2n) is 13.6. The van der Waals surface area contributed by atoms with Gasteiger partial charge in [0.2, 0.25) is 0 Å². The van der Waals surface area contributed by atoms with Crippen molar-refractivity contribution in [3.05, 3.63) is 199 Å². The van der Waals surface area contributed by atoms with Crippen molar-refractivity contribution in [2.24, 2.45) is 0 Å². The second-order valence-corrected chi connectivity index (χ2v) is 17.4. The first-order chi connectivity index (χ1) is 25.3. The molecule has 0 bridgehead atoms. The highest BCUT2D eigenvalue weighted by molar-refractivity contribution is 7.16. The van der Waals surface area contributed by atoms with Gasteiger partial charge < -0.3 is 9.13 Å². The molecule has 0 radical (unpaired) electrons. The van der Waals surface area contributed by atoms with E-state index in [0.717, 1.165) is 12.8 Å². The highest BCUT2D eigenvalue weighted by Crippen LogP contribution is 2.35. The summed E-state index contributed by atoms with van der Waals surface area (Å²) in [4.78, 5) is 0. The topological polar surface area (TPSA) is 9.86 Å². The number of benzene rings is 7. The number of nitrogens with zero attached hydrogens (tertiary/aromatic N) is 2. The van der Waals surface area contributed by atoms with Crippen molar-refractivity contribution < 1.29 is 0 Å². The first-order valence-corrected chi connectivity index (χ1v) is 19.9. The summed E-state index contributed by atoms with van der Waals surface area (Å²) in [6, 6.07) is 65.4. The van der Waals surface area contributed by atoms with E-state index in [-0.39, 0.29) is 0 Å². The lowest BCUT2D eigenvalue weighted by molar-refractivity contribution is 1.03. The van der Waals surface area contributed by atoms with Crippen LogP contribution in [-0.2, 0) is 0 Å². The van der Waals surface area contributed by atoms with Crippen LogP contribution >= 0.6 is 0 Å². The molecule has 0 aliphatic heterocycles. The molecule has 0 spiro atoms. The Morgan fingerprint density at radius 3 is 1.31 bits per heavy atom. The van der Waals surface area contributed by atoms with Gasteiger partial charge in [-0.25, -0.2) is 0 Å². The molecule has 2 aromatic heterocycles. The lowest BCUT2D eigenvalue weighted by Gasteiger charge is -2.36. The standard InChI is InChI=1S/C48H36N2Si/c1-5-17-35(18-6-1)49-45-27-15-13-25-41(45)43-33-39(29-31-47(43)49)51(37-21-9-3-10-22-37,38-23-11-4-12-24-38)40-30-32-48-44(34-40)42-26-14-16-28-46(42)50(48)36-19-7-2-8-20-36/h1-3,5-11,13-34H,4,12H2. The number of allylic oxidation sites excluding steroid dienone is 4. The molecule has 1 aliphatic carbocycles. The third kappa shape index (κ3) is 4.55. The minimum Gasteiger partial charge on any atom is -0.309 e. The number of fused-ring (bicyclic) bond motifs is 6. The van der Waals surface area contributed by atoms with Crippen LogP contribution < -0.4 is 15.6 Å². The maximum Gasteiger partial charge on any atom is 0.179 e. The molecule has 0 saturated heterocycles. The molecule has 0 saturated carbocycles. The van der Waals surface area contributed by atoms with Gasteiger partial charge in [0, 0.05) is 32.9 Å². The third-order valence-corrected chi connectivity index (χ3v) is 15.7. The number of para-hydroxylation sites is 4. The Kier molecular flexibility index (Phi) is 7.00. The van der Waals surface area contributed by atoms with Crippen LogP contribution in [0.1, 0.15) is 12.8 Å². The van der Waals surface area contributed by atoms with Crippen LogP contribution in [0.5, 0.6) is 0 Å². The molecule has 3 heteroatoms. The summed E-state index contributed by atoms with van der Waals surface area (Å²) < 4.78 is 4.84. The van der Waals surface area contributed by atoms with E-state index in [1.54, 1.807) is 0 Å². The summed E-state index contributed by atoms with van der Waals surface area (Å²) in [6.07, 6.45) is 9.50. The summed E-state index contributed by atoms with van der Waals surface area (Å²) in [5.74, 6) is 0. The molecule has 2 nitrogen and oxygen atoms in total. The lowest BCUT2D eigenvalue weighted by atomic mass is 10.1. The Hall–Kier alpha value is -6.16. The average Bonchev–Trinajstić information content (AvgIpc) is 3.72. The Balaban J connectivity index is 1.31. The molecule has 51 heavy (non-hydrogen) atoms. The molecule has 0 unspecified atom stereocenters. The van der Waals surface area contributed by atoms with Gasteiger partial charge in [-0.15, -0.1) is 0 Å². The van der Waals surface area contributed by atoms with Gasteiger partial charge in [-0.1, -0.05) is 146 Å². The molecule has 0 amide bonds. The third-order valence-electron chi connectivity index (χ3n) is 10.9. The molecule has 1 aliphatic rings. The van der Waals surface area contributed by atoms with Crippen LogP contribution in [0.15, 0.2) is 199 Å². The van der Waals surface area contributed by atoms with Crippen LogP contribution in [0.4, 0.5) is 0 Å². The van der Waals surface area contributed by atoms with Crippen LogP contribution in [0.25, 0.3) is 55.0 Å². The summed E-state index contributed by atoms with van der Waals surface area (Å²) in [5, 5.41) is 10.8. The van der Waals surface area contributed by atoms with E-state index < -0.39 is 8.07 Å². The Labute approximate surface area is 298 Å². The minimum atomic E-state index is -2.82. The monoisotopic (exact) mass is 668 g/mol. The number of hydrogen-bond donors (Lipinski definition) is 0. The van der Waals surface area contributed by atoms with E-state index in [4.69, 9.17) is 0 Å². The fourth-order valence-electron chi connectivity index (χ4n) is 8.70. The van der Waals surface area contributed by atoms with E-state index in [1.807, 2.05) is 0 Å². The van der Waals surface area contributed by atoms with Crippen LogP contribution in [-0.4, -0.2) is 17.2 Å². The van der Waals surface area contributed by atoms with Crippen molar-refractivity contribution in [2.45, 2.75) is 12.8 Å². The fraction of sp³-hybridized carbons (Fsp3) is 0.0417. The van der Waals surface area contributed by atoms with Gasteiger partial charge in [0.1, 0.15) is 0 Å². The first kappa shape index (κ1) is 29.7.